The Kier molecular flexibility index (Phi) is 7.54. The summed E-state index contributed by atoms with van der Waals surface area (Å²) < 4.78 is 37.9. The summed E-state index contributed by atoms with van der Waals surface area (Å²) in [4.78, 5) is 11.5. The summed E-state index contributed by atoms with van der Waals surface area (Å²) in [7, 11) is 0. The number of carbonyl (C=O) groups is 1. The van der Waals surface area contributed by atoms with Gasteiger partial charge in [0.25, 0.3) is 0 Å². The summed E-state index contributed by atoms with van der Waals surface area (Å²) in [5.41, 5.74) is 4.79. The van der Waals surface area contributed by atoms with Crippen LogP contribution < -0.4 is 11.1 Å². The van der Waals surface area contributed by atoms with Crippen LogP contribution >= 0.6 is 28.3 Å². The van der Waals surface area contributed by atoms with Crippen molar-refractivity contribution >= 4 is 39.9 Å². The van der Waals surface area contributed by atoms with E-state index in [-0.39, 0.29) is 40.9 Å². The van der Waals surface area contributed by atoms with E-state index >= 15 is 0 Å². The second-order valence-electron chi connectivity index (χ2n) is 4.26. The topological polar surface area (TPSA) is 55.1 Å². The van der Waals surface area contributed by atoms with Gasteiger partial charge in [0.1, 0.15) is 0 Å². The lowest BCUT2D eigenvalue weighted by Gasteiger charge is -2.12. The fourth-order valence-electron chi connectivity index (χ4n) is 1.40. The third-order valence-electron chi connectivity index (χ3n) is 2.38. The van der Waals surface area contributed by atoms with Crippen molar-refractivity contribution in [2.24, 2.45) is 5.73 Å². The van der Waals surface area contributed by atoms with Crippen LogP contribution in [0.3, 0.4) is 0 Å². The zero-order chi connectivity index (χ0) is 14.6. The molecule has 3 nitrogen and oxygen atoms in total. The molecule has 0 fully saturated rings. The molecular formula is C12H15BrClF3N2O. The Bertz CT molecular complexity index is 467. The normalized spacial score (nSPS) is 12.5. The van der Waals surface area contributed by atoms with E-state index < -0.39 is 11.7 Å². The summed E-state index contributed by atoms with van der Waals surface area (Å²) in [5.74, 6) is -0.354. The van der Waals surface area contributed by atoms with Gasteiger partial charge < -0.3 is 11.1 Å². The van der Waals surface area contributed by atoms with Crippen LogP contribution in [0.15, 0.2) is 22.7 Å². The zero-order valence-corrected chi connectivity index (χ0v) is 13.0. The van der Waals surface area contributed by atoms with Gasteiger partial charge in [0.2, 0.25) is 5.91 Å². The lowest BCUT2D eigenvalue weighted by Crippen LogP contribution is -2.19. The Balaban J connectivity index is 0.00000361. The molecule has 114 valence electrons. The smallest absolute Gasteiger partial charge is 0.328 e. The van der Waals surface area contributed by atoms with Gasteiger partial charge in [-0.05, 0) is 31.5 Å². The monoisotopic (exact) mass is 374 g/mol. The lowest BCUT2D eigenvalue weighted by atomic mass is 10.1. The van der Waals surface area contributed by atoms with Crippen LogP contribution in [-0.4, -0.2) is 11.9 Å². The maximum absolute atomic E-state index is 12.7. The number of benzene rings is 1. The van der Waals surface area contributed by atoms with Crippen LogP contribution in [0, 0.1) is 0 Å². The van der Waals surface area contributed by atoms with Crippen molar-refractivity contribution in [2.45, 2.75) is 32.0 Å². The number of hydrogen-bond donors (Lipinski definition) is 2. The Morgan fingerprint density at radius 2 is 2.05 bits per heavy atom. The molecule has 1 aromatic rings. The Labute approximate surface area is 129 Å². The van der Waals surface area contributed by atoms with Crippen LogP contribution in [0.2, 0.25) is 0 Å². The SMILES string of the molecule is CC(N)CCC(=O)Nc1ccc(Br)c(C(F)(F)F)c1.Cl. The second kappa shape index (κ2) is 7.85. The molecule has 0 saturated heterocycles. The van der Waals surface area contributed by atoms with Crippen LogP contribution in [0.25, 0.3) is 0 Å². The molecule has 0 aliphatic rings. The number of nitrogens with two attached hydrogens (primary N) is 1. The summed E-state index contributed by atoms with van der Waals surface area (Å²) >= 11 is 2.83. The number of halogens is 5. The number of nitrogens with one attached hydrogen (secondary N) is 1. The minimum atomic E-state index is -4.47. The van der Waals surface area contributed by atoms with Crippen molar-refractivity contribution in [1.29, 1.82) is 0 Å². The molecule has 3 N–H and O–H groups in total. The molecule has 20 heavy (non-hydrogen) atoms. The van der Waals surface area contributed by atoms with E-state index in [2.05, 4.69) is 21.2 Å². The van der Waals surface area contributed by atoms with Gasteiger partial charge in [0.05, 0.1) is 5.56 Å². The number of rotatable bonds is 4. The molecule has 1 unspecified atom stereocenters. The molecule has 0 bridgehead atoms. The first kappa shape index (κ1) is 19.2. The number of carbonyl (C=O) groups excluding carboxylic acids is 1. The molecular weight excluding hydrogens is 360 g/mol. The third-order valence-corrected chi connectivity index (χ3v) is 3.07. The average molecular weight is 376 g/mol. The number of hydrogen-bond acceptors (Lipinski definition) is 2. The molecule has 0 saturated carbocycles. The largest absolute Gasteiger partial charge is 0.417 e. The summed E-state index contributed by atoms with van der Waals surface area (Å²) in [6.07, 6.45) is -3.81. The highest BCUT2D eigenvalue weighted by molar-refractivity contribution is 9.10. The van der Waals surface area contributed by atoms with Crippen molar-refractivity contribution in [1.82, 2.24) is 0 Å². The highest BCUT2D eigenvalue weighted by Crippen LogP contribution is 2.36. The van der Waals surface area contributed by atoms with Gasteiger partial charge in [-0.3, -0.25) is 4.79 Å². The molecule has 1 atom stereocenters. The van der Waals surface area contributed by atoms with E-state index in [9.17, 15) is 18.0 Å². The van der Waals surface area contributed by atoms with E-state index in [1.807, 2.05) is 0 Å². The summed E-state index contributed by atoms with van der Waals surface area (Å²) in [6, 6.07) is 3.43. The minimum Gasteiger partial charge on any atom is -0.328 e. The van der Waals surface area contributed by atoms with Gasteiger partial charge in [-0.15, -0.1) is 12.4 Å². The quantitative estimate of drug-likeness (QED) is 0.837. The Hall–Kier alpha value is -0.790. The highest BCUT2D eigenvalue weighted by atomic mass is 79.9. The van der Waals surface area contributed by atoms with Gasteiger partial charge >= 0.3 is 6.18 Å². The maximum Gasteiger partial charge on any atom is 0.417 e. The molecule has 0 aromatic heterocycles. The predicted octanol–water partition coefficient (Wildman–Crippen LogP) is 3.96. The van der Waals surface area contributed by atoms with E-state index in [0.29, 0.717) is 6.42 Å². The fraction of sp³-hybridized carbons (Fsp3) is 0.417. The molecule has 0 aliphatic carbocycles. The molecule has 0 spiro atoms. The van der Waals surface area contributed by atoms with Crippen LogP contribution in [0.4, 0.5) is 18.9 Å². The van der Waals surface area contributed by atoms with E-state index in [1.165, 1.54) is 12.1 Å². The van der Waals surface area contributed by atoms with Crippen molar-refractivity contribution in [2.75, 3.05) is 5.32 Å². The minimum absolute atomic E-state index is 0. The molecule has 8 heteroatoms. The third kappa shape index (κ3) is 6.11. The average Bonchev–Trinajstić information content (AvgIpc) is 2.27. The maximum atomic E-state index is 12.7. The van der Waals surface area contributed by atoms with Gasteiger partial charge in [0.15, 0.2) is 0 Å². The van der Waals surface area contributed by atoms with Gasteiger partial charge in [-0.1, -0.05) is 15.9 Å². The first-order chi connectivity index (χ1) is 8.70. The second-order valence-corrected chi connectivity index (χ2v) is 5.11. The van der Waals surface area contributed by atoms with Crippen LogP contribution in [-0.2, 0) is 11.0 Å². The Morgan fingerprint density at radius 3 is 2.55 bits per heavy atom. The van der Waals surface area contributed by atoms with Crippen LogP contribution in [0.1, 0.15) is 25.3 Å². The van der Waals surface area contributed by atoms with Gasteiger partial charge in [-0.25, -0.2) is 0 Å². The molecule has 1 rings (SSSR count). The zero-order valence-electron chi connectivity index (χ0n) is 10.6. The Morgan fingerprint density at radius 1 is 1.45 bits per heavy atom. The van der Waals surface area contributed by atoms with Gasteiger partial charge in [-0.2, -0.15) is 13.2 Å². The number of amides is 1. The van der Waals surface area contributed by atoms with Crippen molar-refractivity contribution < 1.29 is 18.0 Å². The molecule has 0 radical (unpaired) electrons. The van der Waals surface area contributed by atoms with Crippen molar-refractivity contribution in [3.63, 3.8) is 0 Å². The van der Waals surface area contributed by atoms with Gasteiger partial charge in [0, 0.05) is 22.6 Å². The van der Waals surface area contributed by atoms with E-state index in [4.69, 9.17) is 5.73 Å². The van der Waals surface area contributed by atoms with E-state index in [0.717, 1.165) is 6.07 Å². The standard InChI is InChI=1S/C12H14BrF3N2O.ClH/c1-7(17)2-5-11(19)18-8-3-4-10(13)9(6-8)12(14,15)16;/h3-4,6-7H,2,5,17H2,1H3,(H,18,19);1H. The fourth-order valence-corrected chi connectivity index (χ4v) is 1.87. The first-order valence-corrected chi connectivity index (χ1v) is 6.41. The number of alkyl halides is 3. The number of anilines is 1. The molecule has 0 aliphatic heterocycles. The summed E-state index contributed by atoms with van der Waals surface area (Å²) in [6.45, 7) is 1.76. The molecule has 1 aromatic carbocycles. The molecule has 1 amide bonds. The summed E-state index contributed by atoms with van der Waals surface area (Å²) in [5, 5.41) is 2.42. The van der Waals surface area contributed by atoms with Crippen LogP contribution in [0.5, 0.6) is 0 Å². The highest BCUT2D eigenvalue weighted by Gasteiger charge is 2.33. The molecule has 0 heterocycles. The first-order valence-electron chi connectivity index (χ1n) is 5.62. The predicted molar refractivity (Wildman–Crippen MR) is 77.9 cm³/mol. The van der Waals surface area contributed by atoms with Crippen molar-refractivity contribution in [3.05, 3.63) is 28.2 Å². The lowest BCUT2D eigenvalue weighted by molar-refractivity contribution is -0.138. The van der Waals surface area contributed by atoms with Crippen molar-refractivity contribution in [3.8, 4) is 0 Å². The van der Waals surface area contributed by atoms with E-state index in [1.54, 1.807) is 6.92 Å².